The van der Waals surface area contributed by atoms with Gasteiger partial charge < -0.3 is 0 Å². The highest BCUT2D eigenvalue weighted by atomic mass is 16.1. The Morgan fingerprint density at radius 1 is 1.57 bits per heavy atom. The number of carbonyl (C=O) groups excluding carboxylic acids is 1. The number of ketones is 1. The minimum Gasteiger partial charge on any atom is -0.299 e. The van der Waals surface area contributed by atoms with Crippen molar-refractivity contribution in [1.82, 2.24) is 15.0 Å². The highest BCUT2D eigenvalue weighted by Crippen LogP contribution is 2.22. The van der Waals surface area contributed by atoms with Gasteiger partial charge >= 0.3 is 0 Å². The Kier molecular flexibility index (Phi) is 3.03. The van der Waals surface area contributed by atoms with Crippen molar-refractivity contribution < 1.29 is 4.79 Å². The van der Waals surface area contributed by atoms with Crippen LogP contribution in [0.5, 0.6) is 0 Å². The van der Waals surface area contributed by atoms with Crippen LogP contribution in [0, 0.1) is 5.41 Å². The highest BCUT2D eigenvalue weighted by Gasteiger charge is 2.25. The predicted octanol–water partition coefficient (Wildman–Crippen LogP) is 1.36. The quantitative estimate of drug-likeness (QED) is 0.729. The molecule has 4 nitrogen and oxygen atoms in total. The summed E-state index contributed by atoms with van der Waals surface area (Å²) in [7, 11) is 1.80. The molecule has 1 heterocycles. The molecule has 1 aromatic rings. The molecule has 0 atom stereocenters. The second-order valence-corrected chi connectivity index (χ2v) is 4.22. The van der Waals surface area contributed by atoms with Crippen LogP contribution in [0.15, 0.2) is 6.20 Å². The van der Waals surface area contributed by atoms with E-state index >= 15 is 0 Å². The third-order valence-electron chi connectivity index (χ3n) is 2.63. The summed E-state index contributed by atoms with van der Waals surface area (Å²) in [5.41, 5.74) is 0.497. The number of aryl methyl sites for hydroxylation is 1. The van der Waals surface area contributed by atoms with E-state index in [1.165, 1.54) is 0 Å². The van der Waals surface area contributed by atoms with Crippen LogP contribution in [0.1, 0.15) is 32.9 Å². The van der Waals surface area contributed by atoms with Crippen LogP contribution in [0.4, 0.5) is 0 Å². The fourth-order valence-electron chi connectivity index (χ4n) is 1.08. The average Bonchev–Trinajstić information content (AvgIpc) is 2.51. The maximum absolute atomic E-state index is 11.8. The molecular weight excluding hydrogens is 178 g/mol. The molecule has 0 N–H and O–H groups in total. The molecule has 0 spiro atoms. The molecule has 0 aliphatic rings. The lowest BCUT2D eigenvalue weighted by molar-refractivity contribution is -0.126. The van der Waals surface area contributed by atoms with Gasteiger partial charge in [0.15, 0.2) is 0 Å². The molecule has 0 aliphatic carbocycles. The Morgan fingerprint density at radius 2 is 2.21 bits per heavy atom. The fourth-order valence-corrected chi connectivity index (χ4v) is 1.08. The van der Waals surface area contributed by atoms with E-state index in [1.54, 1.807) is 17.9 Å². The van der Waals surface area contributed by atoms with E-state index in [2.05, 4.69) is 10.3 Å². The van der Waals surface area contributed by atoms with Crippen molar-refractivity contribution in [2.45, 2.75) is 33.6 Å². The Balaban J connectivity index is 2.66. The van der Waals surface area contributed by atoms with Gasteiger partial charge in [-0.2, -0.15) is 0 Å². The van der Waals surface area contributed by atoms with Crippen molar-refractivity contribution >= 4 is 5.78 Å². The molecule has 78 valence electrons. The van der Waals surface area contributed by atoms with E-state index in [0.717, 1.165) is 12.1 Å². The van der Waals surface area contributed by atoms with E-state index < -0.39 is 0 Å². The van der Waals surface area contributed by atoms with Gasteiger partial charge in [0, 0.05) is 18.7 Å². The molecule has 14 heavy (non-hydrogen) atoms. The topological polar surface area (TPSA) is 47.8 Å². The summed E-state index contributed by atoms with van der Waals surface area (Å²) in [6.07, 6.45) is 3.02. The smallest absolute Gasteiger partial charge is 0.144 e. The maximum Gasteiger partial charge on any atom is 0.144 e. The monoisotopic (exact) mass is 195 g/mol. The molecule has 1 rings (SSSR count). The van der Waals surface area contributed by atoms with E-state index in [9.17, 15) is 4.79 Å². The zero-order valence-corrected chi connectivity index (χ0v) is 9.24. The van der Waals surface area contributed by atoms with Crippen molar-refractivity contribution in [3.05, 3.63) is 11.9 Å². The third kappa shape index (κ3) is 2.40. The van der Waals surface area contributed by atoms with Gasteiger partial charge in [0.1, 0.15) is 5.78 Å². The Morgan fingerprint density at radius 3 is 2.64 bits per heavy atom. The Labute approximate surface area is 84.3 Å². The van der Waals surface area contributed by atoms with Gasteiger partial charge in [0.2, 0.25) is 0 Å². The molecule has 0 aliphatic heterocycles. The molecule has 0 bridgehead atoms. The number of Topliss-reactive ketones (excluding diaryl/α,β-unsaturated/α-hetero) is 1. The summed E-state index contributed by atoms with van der Waals surface area (Å²) in [6.45, 7) is 5.95. The predicted molar refractivity (Wildman–Crippen MR) is 53.8 cm³/mol. The first-order valence-electron chi connectivity index (χ1n) is 4.84. The zero-order valence-electron chi connectivity index (χ0n) is 9.24. The van der Waals surface area contributed by atoms with Gasteiger partial charge in [-0.3, -0.25) is 9.48 Å². The van der Waals surface area contributed by atoms with E-state index in [0.29, 0.717) is 6.42 Å². The standard InChI is InChI=1S/C10H17N3O/c1-5-10(2,3)9(14)6-8-7-13(4)12-11-8/h7H,5-6H2,1-4H3. The minimum absolute atomic E-state index is 0.223. The van der Waals surface area contributed by atoms with Crippen LogP contribution in [-0.4, -0.2) is 20.8 Å². The minimum atomic E-state index is -0.252. The molecule has 0 fully saturated rings. The summed E-state index contributed by atoms with van der Waals surface area (Å²) in [6, 6.07) is 0. The zero-order chi connectivity index (χ0) is 10.8. The van der Waals surface area contributed by atoms with Crippen molar-refractivity contribution in [2.75, 3.05) is 0 Å². The lowest BCUT2D eigenvalue weighted by Crippen LogP contribution is -2.25. The molecule has 0 saturated heterocycles. The van der Waals surface area contributed by atoms with E-state index in [1.807, 2.05) is 20.8 Å². The number of rotatable bonds is 4. The number of nitrogens with zero attached hydrogens (tertiary/aromatic N) is 3. The van der Waals surface area contributed by atoms with Crippen LogP contribution in [0.25, 0.3) is 0 Å². The number of carbonyl (C=O) groups is 1. The third-order valence-corrected chi connectivity index (χ3v) is 2.63. The van der Waals surface area contributed by atoms with Gasteiger partial charge in [0.25, 0.3) is 0 Å². The number of aromatic nitrogens is 3. The second kappa shape index (κ2) is 3.90. The molecular formula is C10H17N3O. The number of hydrogen-bond acceptors (Lipinski definition) is 3. The van der Waals surface area contributed by atoms with Gasteiger partial charge in [-0.05, 0) is 6.42 Å². The summed E-state index contributed by atoms with van der Waals surface area (Å²) in [5, 5.41) is 7.69. The first-order valence-corrected chi connectivity index (χ1v) is 4.84. The molecule has 0 saturated carbocycles. The lowest BCUT2D eigenvalue weighted by atomic mass is 9.83. The molecule has 0 amide bonds. The van der Waals surface area contributed by atoms with Crippen LogP contribution >= 0.6 is 0 Å². The Hall–Kier alpha value is -1.19. The first-order chi connectivity index (χ1) is 6.45. The Bertz CT molecular complexity index is 328. The van der Waals surface area contributed by atoms with Crippen molar-refractivity contribution in [2.24, 2.45) is 12.5 Å². The van der Waals surface area contributed by atoms with Crippen molar-refractivity contribution in [3.8, 4) is 0 Å². The summed E-state index contributed by atoms with van der Waals surface area (Å²) < 4.78 is 1.61. The molecule has 4 heteroatoms. The van der Waals surface area contributed by atoms with E-state index in [-0.39, 0.29) is 11.2 Å². The van der Waals surface area contributed by atoms with Crippen molar-refractivity contribution in [1.29, 1.82) is 0 Å². The highest BCUT2D eigenvalue weighted by molar-refractivity contribution is 5.85. The average molecular weight is 195 g/mol. The second-order valence-electron chi connectivity index (χ2n) is 4.22. The lowest BCUT2D eigenvalue weighted by Gasteiger charge is -2.19. The summed E-state index contributed by atoms with van der Waals surface area (Å²) in [4.78, 5) is 11.8. The van der Waals surface area contributed by atoms with Crippen LogP contribution < -0.4 is 0 Å². The number of hydrogen-bond donors (Lipinski definition) is 0. The molecule has 0 unspecified atom stereocenters. The largest absolute Gasteiger partial charge is 0.299 e. The SMILES string of the molecule is CCC(C)(C)C(=O)Cc1cn(C)nn1. The van der Waals surface area contributed by atoms with Gasteiger partial charge in [-0.25, -0.2) is 0 Å². The fraction of sp³-hybridized carbons (Fsp3) is 0.700. The normalized spacial score (nSPS) is 11.7. The maximum atomic E-state index is 11.8. The van der Waals surface area contributed by atoms with Gasteiger partial charge in [0.05, 0.1) is 12.1 Å². The summed E-state index contributed by atoms with van der Waals surface area (Å²) in [5.74, 6) is 0.223. The molecule has 0 aromatic carbocycles. The van der Waals surface area contributed by atoms with Crippen LogP contribution in [0.2, 0.25) is 0 Å². The van der Waals surface area contributed by atoms with Crippen molar-refractivity contribution in [3.63, 3.8) is 0 Å². The molecule has 0 radical (unpaired) electrons. The van der Waals surface area contributed by atoms with E-state index in [4.69, 9.17) is 0 Å². The van der Waals surface area contributed by atoms with Gasteiger partial charge in [-0.15, -0.1) is 5.10 Å². The first kappa shape index (κ1) is 10.9. The van der Waals surface area contributed by atoms with Crippen LogP contribution in [-0.2, 0) is 18.3 Å². The van der Waals surface area contributed by atoms with Gasteiger partial charge in [-0.1, -0.05) is 26.0 Å². The van der Waals surface area contributed by atoms with Crippen LogP contribution in [0.3, 0.4) is 0 Å². The molecule has 1 aromatic heterocycles. The summed E-state index contributed by atoms with van der Waals surface area (Å²) >= 11 is 0.